The lowest BCUT2D eigenvalue weighted by Gasteiger charge is -2.09. The maximum atomic E-state index is 13.6. The molecule has 0 aliphatic rings. The Hall–Kier alpha value is -3.33. The standard InChI is InChI=1S/C20H18FNO4/c1-3-25-18-8-5-14(11-19(18)24-2)6-9-20(23)26-13-16-10-15(12-22)4-7-17(16)21/h4-11H,3,13H2,1-2H3/b9-6+. The number of esters is 1. The summed E-state index contributed by atoms with van der Waals surface area (Å²) in [5.41, 5.74) is 1.17. The minimum atomic E-state index is -0.625. The van der Waals surface area contributed by atoms with Crippen LogP contribution in [0.1, 0.15) is 23.6 Å². The average Bonchev–Trinajstić information content (AvgIpc) is 2.66. The maximum Gasteiger partial charge on any atom is 0.331 e. The van der Waals surface area contributed by atoms with Crippen LogP contribution in [0.3, 0.4) is 0 Å². The number of halogens is 1. The molecule has 0 aromatic heterocycles. The normalized spacial score (nSPS) is 10.4. The van der Waals surface area contributed by atoms with Crippen molar-refractivity contribution in [1.82, 2.24) is 0 Å². The molecular weight excluding hydrogens is 337 g/mol. The van der Waals surface area contributed by atoms with E-state index < -0.39 is 11.8 Å². The molecule has 0 unspecified atom stereocenters. The third-order valence-electron chi connectivity index (χ3n) is 3.44. The number of methoxy groups -OCH3 is 1. The first-order chi connectivity index (χ1) is 12.6. The van der Waals surface area contributed by atoms with Gasteiger partial charge in [0.05, 0.1) is 25.3 Å². The average molecular weight is 355 g/mol. The highest BCUT2D eigenvalue weighted by Gasteiger charge is 2.07. The van der Waals surface area contributed by atoms with Gasteiger partial charge in [-0.1, -0.05) is 6.07 Å². The number of nitriles is 1. The fourth-order valence-corrected chi connectivity index (χ4v) is 2.18. The Kier molecular flexibility index (Phi) is 6.75. The Balaban J connectivity index is 2.00. The smallest absolute Gasteiger partial charge is 0.331 e. The van der Waals surface area contributed by atoms with Crippen LogP contribution in [0.5, 0.6) is 11.5 Å². The van der Waals surface area contributed by atoms with Crippen molar-refractivity contribution in [2.24, 2.45) is 0 Å². The van der Waals surface area contributed by atoms with E-state index in [2.05, 4.69) is 0 Å². The number of hydrogen-bond donors (Lipinski definition) is 0. The van der Waals surface area contributed by atoms with Crippen molar-refractivity contribution in [2.75, 3.05) is 13.7 Å². The summed E-state index contributed by atoms with van der Waals surface area (Å²) >= 11 is 0. The van der Waals surface area contributed by atoms with Gasteiger partial charge in [0, 0.05) is 11.6 Å². The molecule has 0 radical (unpaired) electrons. The van der Waals surface area contributed by atoms with Crippen LogP contribution in [-0.2, 0) is 16.1 Å². The van der Waals surface area contributed by atoms with E-state index in [1.54, 1.807) is 24.3 Å². The summed E-state index contributed by atoms with van der Waals surface area (Å²) in [6.07, 6.45) is 2.80. The Morgan fingerprint density at radius 2 is 2.04 bits per heavy atom. The SMILES string of the molecule is CCOc1ccc(/C=C/C(=O)OCc2cc(C#N)ccc2F)cc1OC. The lowest BCUT2D eigenvalue weighted by atomic mass is 10.1. The van der Waals surface area contributed by atoms with Gasteiger partial charge in [0.2, 0.25) is 0 Å². The first kappa shape index (κ1) is 19.0. The van der Waals surface area contributed by atoms with Gasteiger partial charge < -0.3 is 14.2 Å². The van der Waals surface area contributed by atoms with Crippen molar-refractivity contribution in [1.29, 1.82) is 5.26 Å². The monoisotopic (exact) mass is 355 g/mol. The van der Waals surface area contributed by atoms with Crippen LogP contribution in [0, 0.1) is 17.1 Å². The van der Waals surface area contributed by atoms with Crippen molar-refractivity contribution in [3.63, 3.8) is 0 Å². The summed E-state index contributed by atoms with van der Waals surface area (Å²) in [7, 11) is 1.53. The molecule has 0 heterocycles. The summed E-state index contributed by atoms with van der Waals surface area (Å²) in [4.78, 5) is 11.8. The lowest BCUT2D eigenvalue weighted by Crippen LogP contribution is -2.03. The van der Waals surface area contributed by atoms with E-state index in [0.717, 1.165) is 5.56 Å². The Bertz CT molecular complexity index is 855. The van der Waals surface area contributed by atoms with E-state index in [1.165, 1.54) is 31.4 Å². The highest BCUT2D eigenvalue weighted by atomic mass is 19.1. The van der Waals surface area contributed by atoms with Gasteiger partial charge in [-0.15, -0.1) is 0 Å². The van der Waals surface area contributed by atoms with E-state index in [0.29, 0.717) is 23.7 Å². The van der Waals surface area contributed by atoms with Gasteiger partial charge in [0.25, 0.3) is 0 Å². The van der Waals surface area contributed by atoms with E-state index in [9.17, 15) is 9.18 Å². The summed E-state index contributed by atoms with van der Waals surface area (Å²) < 4.78 is 29.3. The second-order valence-corrected chi connectivity index (χ2v) is 5.20. The first-order valence-corrected chi connectivity index (χ1v) is 7.91. The van der Waals surface area contributed by atoms with Crippen molar-refractivity contribution in [2.45, 2.75) is 13.5 Å². The highest BCUT2D eigenvalue weighted by molar-refractivity contribution is 5.87. The Labute approximate surface area is 151 Å². The zero-order chi connectivity index (χ0) is 18.9. The van der Waals surface area contributed by atoms with Gasteiger partial charge >= 0.3 is 5.97 Å². The topological polar surface area (TPSA) is 68.5 Å². The molecule has 5 nitrogen and oxygen atoms in total. The van der Waals surface area contributed by atoms with E-state index in [-0.39, 0.29) is 12.2 Å². The molecule has 0 saturated heterocycles. The fraction of sp³-hybridized carbons (Fsp3) is 0.200. The molecule has 0 atom stereocenters. The molecular formula is C20H18FNO4. The molecule has 0 spiro atoms. The largest absolute Gasteiger partial charge is 0.493 e. The van der Waals surface area contributed by atoms with Crippen LogP contribution < -0.4 is 9.47 Å². The number of rotatable bonds is 7. The Morgan fingerprint density at radius 1 is 1.23 bits per heavy atom. The predicted molar refractivity (Wildman–Crippen MR) is 94.1 cm³/mol. The predicted octanol–water partition coefficient (Wildman–Crippen LogP) is 3.86. The zero-order valence-electron chi connectivity index (χ0n) is 14.5. The quantitative estimate of drug-likeness (QED) is 0.557. The first-order valence-electron chi connectivity index (χ1n) is 7.91. The second-order valence-electron chi connectivity index (χ2n) is 5.20. The van der Waals surface area contributed by atoms with Crippen molar-refractivity contribution in [3.8, 4) is 17.6 Å². The van der Waals surface area contributed by atoms with E-state index in [4.69, 9.17) is 19.5 Å². The zero-order valence-corrected chi connectivity index (χ0v) is 14.5. The van der Waals surface area contributed by atoms with Crippen LogP contribution in [0.2, 0.25) is 0 Å². The molecule has 0 N–H and O–H groups in total. The van der Waals surface area contributed by atoms with Crippen molar-refractivity contribution in [3.05, 3.63) is 65.0 Å². The Morgan fingerprint density at radius 3 is 2.73 bits per heavy atom. The molecule has 0 aliphatic carbocycles. The number of benzene rings is 2. The van der Waals surface area contributed by atoms with Gasteiger partial charge in [-0.2, -0.15) is 5.26 Å². The second kappa shape index (κ2) is 9.23. The molecule has 0 fully saturated rings. The van der Waals surface area contributed by atoms with Crippen LogP contribution in [0.15, 0.2) is 42.5 Å². The fourth-order valence-electron chi connectivity index (χ4n) is 2.18. The molecule has 0 bridgehead atoms. The number of carbonyl (C=O) groups is 1. The molecule has 0 aliphatic heterocycles. The van der Waals surface area contributed by atoms with Crippen molar-refractivity contribution >= 4 is 12.0 Å². The van der Waals surface area contributed by atoms with Crippen molar-refractivity contribution < 1.29 is 23.4 Å². The summed E-state index contributed by atoms with van der Waals surface area (Å²) in [5.74, 6) is 0.0111. The van der Waals surface area contributed by atoms with Gasteiger partial charge in [0.15, 0.2) is 11.5 Å². The summed E-state index contributed by atoms with van der Waals surface area (Å²) in [6, 6.07) is 11.0. The van der Waals surface area contributed by atoms with Gasteiger partial charge in [0.1, 0.15) is 12.4 Å². The van der Waals surface area contributed by atoms with Crippen LogP contribution in [0.25, 0.3) is 6.08 Å². The molecule has 0 saturated carbocycles. The molecule has 2 aromatic carbocycles. The molecule has 134 valence electrons. The maximum absolute atomic E-state index is 13.6. The molecule has 6 heteroatoms. The molecule has 2 aromatic rings. The number of ether oxygens (including phenoxy) is 3. The van der Waals surface area contributed by atoms with Crippen LogP contribution in [0.4, 0.5) is 4.39 Å². The number of carbonyl (C=O) groups excluding carboxylic acids is 1. The van der Waals surface area contributed by atoms with Crippen LogP contribution >= 0.6 is 0 Å². The molecule has 2 rings (SSSR count). The van der Waals surface area contributed by atoms with E-state index >= 15 is 0 Å². The minimum Gasteiger partial charge on any atom is -0.493 e. The number of hydrogen-bond acceptors (Lipinski definition) is 5. The molecule has 0 amide bonds. The lowest BCUT2D eigenvalue weighted by molar-refractivity contribution is -0.138. The summed E-state index contributed by atoms with van der Waals surface area (Å²) in [6.45, 7) is 2.14. The van der Waals surface area contributed by atoms with Crippen LogP contribution in [-0.4, -0.2) is 19.7 Å². The van der Waals surface area contributed by atoms with Gasteiger partial charge in [-0.05, 0) is 48.9 Å². The third-order valence-corrected chi connectivity index (χ3v) is 3.44. The van der Waals surface area contributed by atoms with Gasteiger partial charge in [-0.3, -0.25) is 0 Å². The highest BCUT2D eigenvalue weighted by Crippen LogP contribution is 2.28. The third kappa shape index (κ3) is 5.08. The minimum absolute atomic E-state index is 0.147. The summed E-state index contributed by atoms with van der Waals surface area (Å²) in [5, 5.41) is 8.83. The van der Waals surface area contributed by atoms with Gasteiger partial charge in [-0.25, -0.2) is 9.18 Å². The molecule has 26 heavy (non-hydrogen) atoms. The van der Waals surface area contributed by atoms with E-state index in [1.807, 2.05) is 13.0 Å². The number of nitrogens with zero attached hydrogens (tertiary/aromatic N) is 1.